The second kappa shape index (κ2) is 7.28. The van der Waals surface area contributed by atoms with Gasteiger partial charge in [0, 0.05) is 6.54 Å². The zero-order valence-corrected chi connectivity index (χ0v) is 11.5. The molecular formula is C16H17FN2O2. The Bertz CT molecular complexity index is 599. The standard InChI is InChI=1S/C16H17FN2O2/c17-13-7-5-12(6-8-13)11-19-16(20)9-10-21-15-4-2-1-3-14(15)18/h1-8H,9-11,18H2,(H,19,20). The summed E-state index contributed by atoms with van der Waals surface area (Å²) in [6.45, 7) is 0.621. The molecule has 0 unspecified atom stereocenters. The minimum Gasteiger partial charge on any atom is -0.491 e. The number of anilines is 1. The Morgan fingerprint density at radius 2 is 1.86 bits per heavy atom. The molecule has 0 saturated carbocycles. The summed E-state index contributed by atoms with van der Waals surface area (Å²) in [5.41, 5.74) is 7.12. The van der Waals surface area contributed by atoms with Crippen molar-refractivity contribution in [3.63, 3.8) is 0 Å². The van der Waals surface area contributed by atoms with Gasteiger partial charge in [0.1, 0.15) is 11.6 Å². The van der Waals surface area contributed by atoms with Crippen LogP contribution in [-0.4, -0.2) is 12.5 Å². The summed E-state index contributed by atoms with van der Waals surface area (Å²) in [4.78, 5) is 11.7. The number of nitrogens with two attached hydrogens (primary N) is 1. The smallest absolute Gasteiger partial charge is 0.223 e. The Hall–Kier alpha value is -2.56. The molecule has 2 aromatic carbocycles. The molecule has 0 bridgehead atoms. The monoisotopic (exact) mass is 288 g/mol. The third-order valence-corrected chi connectivity index (χ3v) is 2.91. The molecule has 0 aliphatic heterocycles. The lowest BCUT2D eigenvalue weighted by atomic mass is 10.2. The summed E-state index contributed by atoms with van der Waals surface area (Å²) in [5.74, 6) is 0.150. The minimum absolute atomic E-state index is 0.131. The number of ether oxygens (including phenoxy) is 1. The Balaban J connectivity index is 1.70. The first-order valence-corrected chi connectivity index (χ1v) is 6.63. The van der Waals surface area contributed by atoms with Gasteiger partial charge in [-0.2, -0.15) is 0 Å². The highest BCUT2D eigenvalue weighted by Crippen LogP contribution is 2.19. The minimum atomic E-state index is -0.293. The predicted octanol–water partition coefficient (Wildman–Crippen LogP) is 2.49. The van der Waals surface area contributed by atoms with Crippen LogP contribution in [0.25, 0.3) is 0 Å². The number of rotatable bonds is 6. The second-order valence-electron chi connectivity index (χ2n) is 4.54. The number of carbonyl (C=O) groups excluding carboxylic acids is 1. The molecule has 21 heavy (non-hydrogen) atoms. The third-order valence-electron chi connectivity index (χ3n) is 2.91. The van der Waals surface area contributed by atoms with Crippen LogP contribution >= 0.6 is 0 Å². The van der Waals surface area contributed by atoms with Crippen LogP contribution < -0.4 is 15.8 Å². The van der Waals surface area contributed by atoms with E-state index < -0.39 is 0 Å². The van der Waals surface area contributed by atoms with Gasteiger partial charge in [-0.1, -0.05) is 24.3 Å². The molecule has 2 aromatic rings. The van der Waals surface area contributed by atoms with Crippen molar-refractivity contribution in [2.45, 2.75) is 13.0 Å². The lowest BCUT2D eigenvalue weighted by Gasteiger charge is -2.09. The van der Waals surface area contributed by atoms with E-state index in [2.05, 4.69) is 5.32 Å². The number of carbonyl (C=O) groups is 1. The first-order chi connectivity index (χ1) is 10.1. The molecule has 1 amide bonds. The Kier molecular flexibility index (Phi) is 5.15. The molecule has 110 valence electrons. The van der Waals surface area contributed by atoms with E-state index in [1.807, 2.05) is 12.1 Å². The zero-order valence-electron chi connectivity index (χ0n) is 11.5. The maximum Gasteiger partial charge on any atom is 0.223 e. The van der Waals surface area contributed by atoms with Crippen molar-refractivity contribution in [2.24, 2.45) is 0 Å². The van der Waals surface area contributed by atoms with Crippen LogP contribution in [0.5, 0.6) is 5.75 Å². The van der Waals surface area contributed by atoms with Crippen LogP contribution in [0.4, 0.5) is 10.1 Å². The van der Waals surface area contributed by atoms with E-state index in [9.17, 15) is 9.18 Å². The molecule has 0 spiro atoms. The highest BCUT2D eigenvalue weighted by atomic mass is 19.1. The van der Waals surface area contributed by atoms with Crippen molar-refractivity contribution >= 4 is 11.6 Å². The molecule has 0 aliphatic carbocycles. The lowest BCUT2D eigenvalue weighted by molar-refractivity contribution is -0.121. The third kappa shape index (κ3) is 4.80. The molecule has 4 nitrogen and oxygen atoms in total. The van der Waals surface area contributed by atoms with E-state index in [1.54, 1.807) is 24.3 Å². The zero-order chi connectivity index (χ0) is 15.1. The number of hydrogen-bond acceptors (Lipinski definition) is 3. The van der Waals surface area contributed by atoms with Crippen molar-refractivity contribution < 1.29 is 13.9 Å². The lowest BCUT2D eigenvalue weighted by Crippen LogP contribution is -2.24. The average Bonchev–Trinajstić information content (AvgIpc) is 2.49. The van der Waals surface area contributed by atoms with Crippen LogP contribution in [-0.2, 0) is 11.3 Å². The maximum absolute atomic E-state index is 12.7. The highest BCUT2D eigenvalue weighted by molar-refractivity contribution is 5.76. The largest absolute Gasteiger partial charge is 0.491 e. The number of hydrogen-bond donors (Lipinski definition) is 2. The number of halogens is 1. The summed E-state index contributed by atoms with van der Waals surface area (Å²) < 4.78 is 18.2. The van der Waals surface area contributed by atoms with Crippen molar-refractivity contribution in [2.75, 3.05) is 12.3 Å². The fourth-order valence-corrected chi connectivity index (χ4v) is 1.76. The number of amides is 1. The van der Waals surface area contributed by atoms with E-state index in [0.717, 1.165) is 5.56 Å². The number of benzene rings is 2. The van der Waals surface area contributed by atoms with E-state index in [-0.39, 0.29) is 24.8 Å². The quantitative estimate of drug-likeness (QED) is 0.803. The van der Waals surface area contributed by atoms with Gasteiger partial charge in [-0.15, -0.1) is 0 Å². The molecule has 0 radical (unpaired) electrons. The van der Waals surface area contributed by atoms with Crippen molar-refractivity contribution in [3.05, 3.63) is 59.9 Å². The summed E-state index contributed by atoms with van der Waals surface area (Å²) in [5, 5.41) is 2.75. The van der Waals surface area contributed by atoms with Gasteiger partial charge in [-0.3, -0.25) is 4.79 Å². The van der Waals surface area contributed by atoms with E-state index >= 15 is 0 Å². The molecule has 0 aromatic heterocycles. The van der Waals surface area contributed by atoms with Gasteiger partial charge < -0.3 is 15.8 Å². The van der Waals surface area contributed by atoms with Gasteiger partial charge in [0.25, 0.3) is 0 Å². The molecule has 3 N–H and O–H groups in total. The summed E-state index contributed by atoms with van der Waals surface area (Å²) >= 11 is 0. The second-order valence-corrected chi connectivity index (χ2v) is 4.54. The Morgan fingerprint density at radius 3 is 2.57 bits per heavy atom. The number of para-hydroxylation sites is 2. The molecule has 5 heteroatoms. The fraction of sp³-hybridized carbons (Fsp3) is 0.188. The average molecular weight is 288 g/mol. The van der Waals surface area contributed by atoms with Crippen molar-refractivity contribution in [1.82, 2.24) is 5.32 Å². The molecular weight excluding hydrogens is 271 g/mol. The van der Waals surface area contributed by atoms with Crippen LogP contribution in [0.1, 0.15) is 12.0 Å². The van der Waals surface area contributed by atoms with Crippen molar-refractivity contribution in [3.8, 4) is 5.75 Å². The summed E-state index contributed by atoms with van der Waals surface area (Å²) in [6, 6.07) is 13.1. The topological polar surface area (TPSA) is 64.3 Å². The van der Waals surface area contributed by atoms with Crippen LogP contribution in [0.15, 0.2) is 48.5 Å². The van der Waals surface area contributed by atoms with Crippen LogP contribution in [0.2, 0.25) is 0 Å². The van der Waals surface area contributed by atoms with Gasteiger partial charge in [-0.25, -0.2) is 4.39 Å². The molecule has 0 saturated heterocycles. The molecule has 0 atom stereocenters. The Labute approximate surface area is 122 Å². The highest BCUT2D eigenvalue weighted by Gasteiger charge is 2.04. The first kappa shape index (κ1) is 14.8. The van der Waals surface area contributed by atoms with E-state index in [0.29, 0.717) is 18.0 Å². The molecule has 0 fully saturated rings. The van der Waals surface area contributed by atoms with Gasteiger partial charge in [0.05, 0.1) is 18.7 Å². The van der Waals surface area contributed by atoms with E-state index in [1.165, 1.54) is 12.1 Å². The molecule has 0 aliphatic rings. The van der Waals surface area contributed by atoms with Crippen LogP contribution in [0, 0.1) is 5.82 Å². The fourth-order valence-electron chi connectivity index (χ4n) is 1.76. The molecule has 0 heterocycles. The maximum atomic E-state index is 12.7. The molecule has 2 rings (SSSR count). The van der Waals surface area contributed by atoms with Gasteiger partial charge in [0.15, 0.2) is 0 Å². The van der Waals surface area contributed by atoms with Crippen molar-refractivity contribution in [1.29, 1.82) is 0 Å². The van der Waals surface area contributed by atoms with Gasteiger partial charge in [0.2, 0.25) is 5.91 Å². The summed E-state index contributed by atoms with van der Waals surface area (Å²) in [6.07, 6.45) is 0.232. The predicted molar refractivity (Wildman–Crippen MR) is 79.2 cm³/mol. The normalized spacial score (nSPS) is 10.1. The van der Waals surface area contributed by atoms with E-state index in [4.69, 9.17) is 10.5 Å². The SMILES string of the molecule is Nc1ccccc1OCCC(=O)NCc1ccc(F)cc1. The van der Waals surface area contributed by atoms with Crippen LogP contribution in [0.3, 0.4) is 0 Å². The Morgan fingerprint density at radius 1 is 1.14 bits per heavy atom. The number of nitrogen functional groups attached to an aromatic ring is 1. The summed E-state index contributed by atoms with van der Waals surface area (Å²) in [7, 11) is 0. The van der Waals surface area contributed by atoms with Gasteiger partial charge >= 0.3 is 0 Å². The van der Waals surface area contributed by atoms with Gasteiger partial charge in [-0.05, 0) is 29.8 Å². The first-order valence-electron chi connectivity index (χ1n) is 6.63. The number of nitrogens with one attached hydrogen (secondary N) is 1.